The van der Waals surface area contributed by atoms with Crippen LogP contribution in [0.3, 0.4) is 0 Å². The van der Waals surface area contributed by atoms with E-state index < -0.39 is 15.8 Å². The Morgan fingerprint density at radius 3 is 2.25 bits per heavy atom. The van der Waals surface area contributed by atoms with Crippen molar-refractivity contribution in [1.29, 1.82) is 0 Å². The molecule has 6 heteroatoms. The highest BCUT2D eigenvalue weighted by Crippen LogP contribution is 2.20. The lowest BCUT2D eigenvalue weighted by Crippen LogP contribution is -2.14. The number of halogens is 1. The molecule has 106 valence electrons. The maximum absolute atomic E-state index is 13.5. The number of hydrogen-bond donors (Lipinski definition) is 2. The first kappa shape index (κ1) is 14.5. The van der Waals surface area contributed by atoms with Gasteiger partial charge in [-0.2, -0.15) is 0 Å². The first-order valence-electron chi connectivity index (χ1n) is 6.03. The average molecular weight is 294 g/mol. The number of rotatable bonds is 4. The molecule has 0 aliphatic heterocycles. The van der Waals surface area contributed by atoms with Gasteiger partial charge in [0.1, 0.15) is 5.82 Å². The van der Waals surface area contributed by atoms with Crippen LogP contribution in [0.2, 0.25) is 0 Å². The van der Waals surface area contributed by atoms with Crippen molar-refractivity contribution in [2.24, 2.45) is 5.73 Å². The quantitative estimate of drug-likeness (QED) is 0.910. The topological polar surface area (TPSA) is 72.2 Å². The predicted molar refractivity (Wildman–Crippen MR) is 76.3 cm³/mol. The SMILES string of the molecule is CC(N)c1ccc(S(=O)(=O)Nc2ccccc2F)cc1. The van der Waals surface area contributed by atoms with Crippen molar-refractivity contribution in [1.82, 2.24) is 0 Å². The molecule has 3 N–H and O–H groups in total. The summed E-state index contributed by atoms with van der Waals surface area (Å²) in [4.78, 5) is 0.0603. The van der Waals surface area contributed by atoms with Crippen LogP contribution < -0.4 is 10.5 Å². The molecule has 0 radical (unpaired) electrons. The average Bonchev–Trinajstić information content (AvgIpc) is 2.41. The molecule has 0 aromatic heterocycles. The number of nitrogens with two attached hydrogens (primary N) is 1. The van der Waals surface area contributed by atoms with Crippen molar-refractivity contribution < 1.29 is 12.8 Å². The van der Waals surface area contributed by atoms with E-state index in [4.69, 9.17) is 5.73 Å². The number of anilines is 1. The summed E-state index contributed by atoms with van der Waals surface area (Å²) in [7, 11) is -3.81. The maximum Gasteiger partial charge on any atom is 0.261 e. The van der Waals surface area contributed by atoms with E-state index in [2.05, 4.69) is 4.72 Å². The summed E-state index contributed by atoms with van der Waals surface area (Å²) in [5, 5.41) is 0. The summed E-state index contributed by atoms with van der Waals surface area (Å²) in [6.45, 7) is 1.81. The number of sulfonamides is 1. The Hall–Kier alpha value is -1.92. The van der Waals surface area contributed by atoms with Crippen LogP contribution in [-0.4, -0.2) is 8.42 Å². The van der Waals surface area contributed by atoms with E-state index in [0.717, 1.165) is 5.56 Å². The van der Waals surface area contributed by atoms with Crippen LogP contribution >= 0.6 is 0 Å². The lowest BCUT2D eigenvalue weighted by atomic mass is 10.1. The Balaban J connectivity index is 2.29. The Kier molecular flexibility index (Phi) is 4.06. The van der Waals surface area contributed by atoms with Crippen molar-refractivity contribution in [3.05, 3.63) is 59.9 Å². The third-order valence-electron chi connectivity index (χ3n) is 2.83. The van der Waals surface area contributed by atoms with Crippen LogP contribution in [0.15, 0.2) is 53.4 Å². The smallest absolute Gasteiger partial charge is 0.261 e. The fourth-order valence-corrected chi connectivity index (χ4v) is 2.77. The molecule has 0 aliphatic carbocycles. The van der Waals surface area contributed by atoms with Gasteiger partial charge in [0.15, 0.2) is 0 Å². The van der Waals surface area contributed by atoms with Crippen molar-refractivity contribution in [2.75, 3.05) is 4.72 Å². The van der Waals surface area contributed by atoms with Crippen LogP contribution in [0.25, 0.3) is 0 Å². The highest BCUT2D eigenvalue weighted by Gasteiger charge is 2.16. The van der Waals surface area contributed by atoms with E-state index in [1.807, 2.05) is 0 Å². The molecule has 0 amide bonds. The third-order valence-corrected chi connectivity index (χ3v) is 4.22. The second-order valence-corrected chi connectivity index (χ2v) is 6.13. The molecule has 0 fully saturated rings. The fraction of sp³-hybridized carbons (Fsp3) is 0.143. The molecule has 0 bridgehead atoms. The van der Waals surface area contributed by atoms with Gasteiger partial charge in [0.05, 0.1) is 10.6 Å². The Bertz CT molecular complexity index is 697. The normalized spacial score (nSPS) is 12.9. The summed E-state index contributed by atoms with van der Waals surface area (Å²) < 4.78 is 39.9. The van der Waals surface area contributed by atoms with Gasteiger partial charge < -0.3 is 5.73 Å². The van der Waals surface area contributed by atoms with Crippen molar-refractivity contribution in [3.8, 4) is 0 Å². The first-order chi connectivity index (χ1) is 9.40. The largest absolute Gasteiger partial charge is 0.324 e. The Labute approximate surface area is 117 Å². The molecule has 0 saturated carbocycles. The summed E-state index contributed by atoms with van der Waals surface area (Å²) in [6.07, 6.45) is 0. The van der Waals surface area contributed by atoms with Crippen LogP contribution in [-0.2, 0) is 10.0 Å². The zero-order valence-electron chi connectivity index (χ0n) is 10.9. The summed E-state index contributed by atoms with van der Waals surface area (Å²) >= 11 is 0. The summed E-state index contributed by atoms with van der Waals surface area (Å²) in [6, 6.07) is 11.6. The van der Waals surface area contributed by atoms with Gasteiger partial charge in [0.2, 0.25) is 0 Å². The maximum atomic E-state index is 13.5. The van der Waals surface area contributed by atoms with E-state index >= 15 is 0 Å². The molecule has 2 aromatic carbocycles. The van der Waals surface area contributed by atoms with Crippen molar-refractivity contribution >= 4 is 15.7 Å². The molecule has 0 heterocycles. The number of hydrogen-bond acceptors (Lipinski definition) is 3. The molecular formula is C14H15FN2O2S. The Morgan fingerprint density at radius 1 is 1.10 bits per heavy atom. The van der Waals surface area contributed by atoms with Gasteiger partial charge in [-0.15, -0.1) is 0 Å². The molecular weight excluding hydrogens is 279 g/mol. The van der Waals surface area contributed by atoms with E-state index in [9.17, 15) is 12.8 Å². The molecule has 4 nitrogen and oxygen atoms in total. The van der Waals surface area contributed by atoms with Crippen LogP contribution in [0.4, 0.5) is 10.1 Å². The van der Waals surface area contributed by atoms with Crippen molar-refractivity contribution in [3.63, 3.8) is 0 Å². The van der Waals surface area contributed by atoms with Gasteiger partial charge in [-0.05, 0) is 36.8 Å². The molecule has 0 saturated heterocycles. The zero-order valence-corrected chi connectivity index (χ0v) is 11.7. The van der Waals surface area contributed by atoms with E-state index in [0.29, 0.717) is 0 Å². The standard InChI is InChI=1S/C14H15FN2O2S/c1-10(16)11-6-8-12(9-7-11)20(18,19)17-14-5-3-2-4-13(14)15/h2-10,17H,16H2,1H3. The number of nitrogens with one attached hydrogen (secondary N) is 1. The fourth-order valence-electron chi connectivity index (χ4n) is 1.70. The number of para-hydroxylation sites is 1. The van der Waals surface area contributed by atoms with Gasteiger partial charge in [0, 0.05) is 6.04 Å². The third kappa shape index (κ3) is 3.15. The van der Waals surface area contributed by atoms with Crippen LogP contribution in [0.5, 0.6) is 0 Å². The molecule has 0 aliphatic rings. The predicted octanol–water partition coefficient (Wildman–Crippen LogP) is 2.65. The zero-order chi connectivity index (χ0) is 14.8. The second kappa shape index (κ2) is 5.60. The van der Waals surface area contributed by atoms with E-state index in [1.54, 1.807) is 25.1 Å². The van der Waals surface area contributed by atoms with Gasteiger partial charge in [-0.25, -0.2) is 12.8 Å². The highest BCUT2D eigenvalue weighted by atomic mass is 32.2. The molecule has 20 heavy (non-hydrogen) atoms. The van der Waals surface area contributed by atoms with Crippen LogP contribution in [0.1, 0.15) is 18.5 Å². The van der Waals surface area contributed by atoms with Crippen LogP contribution in [0, 0.1) is 5.82 Å². The molecule has 2 rings (SSSR count). The van der Waals surface area contributed by atoms with Gasteiger partial charge in [0.25, 0.3) is 10.0 Å². The van der Waals surface area contributed by atoms with Gasteiger partial charge in [-0.3, -0.25) is 4.72 Å². The minimum Gasteiger partial charge on any atom is -0.324 e. The van der Waals surface area contributed by atoms with Gasteiger partial charge >= 0.3 is 0 Å². The minimum atomic E-state index is -3.81. The lowest BCUT2D eigenvalue weighted by molar-refractivity contribution is 0.598. The van der Waals surface area contributed by atoms with E-state index in [-0.39, 0.29) is 16.6 Å². The molecule has 1 atom stereocenters. The monoisotopic (exact) mass is 294 g/mol. The Morgan fingerprint density at radius 2 is 1.70 bits per heavy atom. The summed E-state index contributed by atoms with van der Waals surface area (Å²) in [5.41, 5.74) is 6.45. The van der Waals surface area contributed by atoms with Gasteiger partial charge in [-0.1, -0.05) is 24.3 Å². The van der Waals surface area contributed by atoms with Crippen molar-refractivity contribution in [2.45, 2.75) is 17.9 Å². The number of benzene rings is 2. The molecule has 1 unspecified atom stereocenters. The van der Waals surface area contributed by atoms with E-state index in [1.165, 1.54) is 30.3 Å². The first-order valence-corrected chi connectivity index (χ1v) is 7.51. The lowest BCUT2D eigenvalue weighted by Gasteiger charge is -2.10. The molecule has 2 aromatic rings. The molecule has 0 spiro atoms. The highest BCUT2D eigenvalue weighted by molar-refractivity contribution is 7.92. The minimum absolute atomic E-state index is 0.0603. The summed E-state index contributed by atoms with van der Waals surface area (Å²) in [5.74, 6) is -0.622. The second-order valence-electron chi connectivity index (χ2n) is 4.44.